The summed E-state index contributed by atoms with van der Waals surface area (Å²) in [4.78, 5) is 14.5. The van der Waals surface area contributed by atoms with Crippen LogP contribution in [0.2, 0.25) is 0 Å². The van der Waals surface area contributed by atoms with Crippen molar-refractivity contribution in [3.63, 3.8) is 0 Å². The van der Waals surface area contributed by atoms with E-state index in [0.717, 1.165) is 33.8 Å². The lowest BCUT2D eigenvalue weighted by atomic mass is 9.98. The second kappa shape index (κ2) is 13.5. The Morgan fingerprint density at radius 1 is 0.667 bits per heavy atom. The summed E-state index contributed by atoms with van der Waals surface area (Å²) in [5, 5.41) is 22.2. The standard InChI is InChI=1S/C34H23N7.C2H6.HIS/c1-20-10-8-17-29(33(20)41-27-15-6-4-13-25(27)26-14-5-7-16-28(26)41)40-22(3)39-32-31(37-21(2)38-34(32)40)30-23(18-35)11-9-12-24(30)19-36;2*1-2/h4-17H,1-3H3;1-2H3;2H. The van der Waals surface area contributed by atoms with Crippen LogP contribution < -0.4 is 0 Å². The average molecular weight is 720 g/mol. The van der Waals surface area contributed by atoms with Gasteiger partial charge in [0.05, 0.1) is 45.7 Å². The van der Waals surface area contributed by atoms with E-state index in [1.807, 2.05) is 55.0 Å². The summed E-state index contributed by atoms with van der Waals surface area (Å²) >= 11 is 1.84. The summed E-state index contributed by atoms with van der Waals surface area (Å²) in [6.07, 6.45) is 0. The summed E-state index contributed by atoms with van der Waals surface area (Å²) in [7, 11) is 3.50. The number of nitrogens with zero attached hydrogens (tertiary/aromatic N) is 7. The summed E-state index contributed by atoms with van der Waals surface area (Å²) in [5.41, 5.74) is 8.14. The molecule has 0 atom stereocenters. The van der Waals surface area contributed by atoms with E-state index in [-0.39, 0.29) is 0 Å². The van der Waals surface area contributed by atoms with E-state index in [0.29, 0.717) is 39.4 Å². The summed E-state index contributed by atoms with van der Waals surface area (Å²) in [6, 6.07) is 32.7. The molecule has 0 saturated carbocycles. The molecule has 222 valence electrons. The Hall–Kier alpha value is -4.71. The summed E-state index contributed by atoms with van der Waals surface area (Å²) < 4.78 is 4.37. The number of halogens is 1. The van der Waals surface area contributed by atoms with Gasteiger partial charge in [0.2, 0.25) is 0 Å². The van der Waals surface area contributed by atoms with Crippen LogP contribution in [0.1, 0.15) is 42.2 Å². The molecule has 0 unspecified atom stereocenters. The number of rotatable bonds is 3. The van der Waals surface area contributed by atoms with Crippen LogP contribution in [-0.2, 0) is 0 Å². The van der Waals surface area contributed by atoms with E-state index in [9.17, 15) is 10.5 Å². The normalized spacial score (nSPS) is 10.5. The molecule has 3 aromatic heterocycles. The molecule has 45 heavy (non-hydrogen) atoms. The van der Waals surface area contributed by atoms with Gasteiger partial charge in [0, 0.05) is 16.3 Å². The maximum atomic E-state index is 9.89. The molecule has 9 heteroatoms. The van der Waals surface area contributed by atoms with Gasteiger partial charge in [-0.15, -0.1) is 9.80 Å². The van der Waals surface area contributed by atoms with Crippen LogP contribution in [0.25, 0.3) is 55.6 Å². The van der Waals surface area contributed by atoms with Gasteiger partial charge in [-0.1, -0.05) is 68.4 Å². The number of hydrogen-bond acceptors (Lipinski definition) is 6. The fourth-order valence-electron chi connectivity index (χ4n) is 5.91. The predicted molar refractivity (Wildman–Crippen MR) is 194 cm³/mol. The first-order chi connectivity index (χ1) is 22.0. The molecule has 3 heterocycles. The molecule has 0 bridgehead atoms. The minimum atomic E-state index is 0.372. The van der Waals surface area contributed by atoms with Crippen molar-refractivity contribution in [2.24, 2.45) is 0 Å². The van der Waals surface area contributed by atoms with Gasteiger partial charge in [-0.05, 0) is 77.9 Å². The van der Waals surface area contributed by atoms with E-state index in [2.05, 4.69) is 98.7 Å². The van der Waals surface area contributed by atoms with E-state index in [1.54, 1.807) is 18.2 Å². The van der Waals surface area contributed by atoms with E-state index >= 15 is 0 Å². The molecule has 0 spiro atoms. The number of hydrogen-bond donors (Lipinski definition) is 1. The second-order valence-corrected chi connectivity index (χ2v) is 10.1. The topological polar surface area (TPSA) is 96.1 Å². The van der Waals surface area contributed by atoms with Crippen LogP contribution in [0.3, 0.4) is 0 Å². The Morgan fingerprint density at radius 3 is 1.80 bits per heavy atom. The molecule has 7 nitrogen and oxygen atoms in total. The molecular weight excluding hydrogens is 689 g/mol. The molecule has 0 radical (unpaired) electrons. The Kier molecular flexibility index (Phi) is 9.52. The number of fused-ring (bicyclic) bond motifs is 4. The Morgan fingerprint density at radius 2 is 1.22 bits per heavy atom. The first-order valence-corrected chi connectivity index (χ1v) is 17.7. The van der Waals surface area contributed by atoms with Crippen molar-refractivity contribution < 1.29 is 0 Å². The maximum Gasteiger partial charge on any atom is 0.169 e. The molecule has 0 fully saturated rings. The molecule has 7 aromatic rings. The Bertz CT molecular complexity index is 2200. The lowest BCUT2D eigenvalue weighted by Crippen LogP contribution is -2.08. The third-order valence-electron chi connectivity index (χ3n) is 7.59. The van der Waals surface area contributed by atoms with Crippen molar-refractivity contribution in [1.82, 2.24) is 24.1 Å². The molecule has 0 N–H and O–H groups in total. The largest absolute Gasteiger partial charge is 0.307 e. The number of aromatic nitrogens is 5. The molecule has 0 aliphatic carbocycles. The zero-order valence-corrected chi connectivity index (χ0v) is 28.6. The minimum absolute atomic E-state index is 0.372. The van der Waals surface area contributed by atoms with Gasteiger partial charge in [-0.3, -0.25) is 4.57 Å². The van der Waals surface area contributed by atoms with Gasteiger partial charge in [-0.25, -0.2) is 15.0 Å². The first-order valence-electron chi connectivity index (χ1n) is 14.4. The molecule has 0 aliphatic rings. The smallest absolute Gasteiger partial charge is 0.169 e. The van der Waals surface area contributed by atoms with Crippen molar-refractivity contribution in [3.8, 4) is 34.8 Å². The van der Waals surface area contributed by atoms with Gasteiger partial charge >= 0.3 is 0 Å². The molecule has 4 aromatic carbocycles. The number of para-hydroxylation sites is 3. The van der Waals surface area contributed by atoms with Crippen molar-refractivity contribution in [2.45, 2.75) is 34.6 Å². The van der Waals surface area contributed by atoms with Crippen LogP contribution in [-0.4, -0.2) is 24.1 Å². The lowest BCUT2D eigenvalue weighted by molar-refractivity contribution is 0.956. The number of aryl methyl sites for hydroxylation is 3. The summed E-state index contributed by atoms with van der Waals surface area (Å²) in [5.74, 6) is 1.25. The number of thiol groups is 1. The third-order valence-corrected chi connectivity index (χ3v) is 7.59. The van der Waals surface area contributed by atoms with Crippen molar-refractivity contribution >= 4 is 64.0 Å². The van der Waals surface area contributed by atoms with Gasteiger partial charge in [-0.2, -0.15) is 10.5 Å². The fourth-order valence-corrected chi connectivity index (χ4v) is 5.91. The van der Waals surface area contributed by atoms with Crippen molar-refractivity contribution in [1.29, 1.82) is 10.5 Å². The molecule has 7 rings (SSSR count). The van der Waals surface area contributed by atoms with Gasteiger partial charge < -0.3 is 4.57 Å². The number of benzene rings is 4. The highest BCUT2D eigenvalue weighted by Gasteiger charge is 2.24. The highest BCUT2D eigenvalue weighted by Crippen LogP contribution is 2.38. The Labute approximate surface area is 279 Å². The maximum absolute atomic E-state index is 9.89. The third kappa shape index (κ3) is 5.33. The van der Waals surface area contributed by atoms with Gasteiger partial charge in [0.1, 0.15) is 22.9 Å². The number of nitriles is 2. The second-order valence-electron chi connectivity index (χ2n) is 10.1. The van der Waals surface area contributed by atoms with Crippen molar-refractivity contribution in [3.05, 3.63) is 113 Å². The molecular formula is C36H30IN7S. The minimum Gasteiger partial charge on any atom is -0.307 e. The lowest BCUT2D eigenvalue weighted by Gasteiger charge is -2.18. The fraction of sp³-hybridized carbons (Fsp3) is 0.139. The summed E-state index contributed by atoms with van der Waals surface area (Å²) in [6.45, 7) is 9.88. The van der Waals surface area contributed by atoms with Crippen LogP contribution in [0, 0.1) is 43.4 Å². The van der Waals surface area contributed by atoms with Crippen LogP contribution in [0.15, 0.2) is 84.9 Å². The highest BCUT2D eigenvalue weighted by atomic mass is 127. The molecule has 0 aliphatic heterocycles. The molecule has 0 amide bonds. The van der Waals surface area contributed by atoms with E-state index < -0.39 is 0 Å². The monoisotopic (exact) mass is 719 g/mol. The zero-order chi connectivity index (χ0) is 32.2. The van der Waals surface area contributed by atoms with Gasteiger partial charge in [0.25, 0.3) is 0 Å². The average Bonchev–Trinajstić information content (AvgIpc) is 3.59. The quantitative estimate of drug-likeness (QED) is 0.145. The predicted octanol–water partition coefficient (Wildman–Crippen LogP) is 9.54. The Balaban J connectivity index is 0.000000963. The van der Waals surface area contributed by atoms with Crippen LogP contribution in [0.5, 0.6) is 0 Å². The SMILES string of the molecule is CC.Cc1nc(-c2c(C#N)cccc2C#N)c2nc(C)n(-c3cccc(C)c3-n3c4ccccc4c4ccccc43)c2n1.SI. The van der Waals surface area contributed by atoms with Gasteiger partial charge in [0.15, 0.2) is 5.65 Å². The highest BCUT2D eigenvalue weighted by molar-refractivity contribution is 14.2. The van der Waals surface area contributed by atoms with Crippen LogP contribution >= 0.6 is 31.0 Å². The van der Waals surface area contributed by atoms with E-state index in [4.69, 9.17) is 15.0 Å². The van der Waals surface area contributed by atoms with Crippen molar-refractivity contribution in [2.75, 3.05) is 0 Å². The first kappa shape index (κ1) is 31.7. The number of imidazole rings is 1. The van der Waals surface area contributed by atoms with Crippen LogP contribution in [0.4, 0.5) is 0 Å². The molecule has 0 saturated heterocycles. The zero-order valence-electron chi connectivity index (χ0n) is 25.5. The van der Waals surface area contributed by atoms with E-state index in [1.165, 1.54) is 10.8 Å².